The number of alkyl halides is 3. The molecule has 0 aliphatic carbocycles. The fraction of sp³-hybridized carbons (Fsp3) is 0.143. The van der Waals surface area contributed by atoms with Crippen LogP contribution in [0.2, 0.25) is 0 Å². The first-order valence-electron chi connectivity index (χ1n) is 6.03. The molecule has 0 bridgehead atoms. The average Bonchev–Trinajstić information content (AvgIpc) is 2.45. The van der Waals surface area contributed by atoms with E-state index in [0.29, 0.717) is 11.4 Å². The Morgan fingerprint density at radius 1 is 1.19 bits per heavy atom. The van der Waals surface area contributed by atoms with Gasteiger partial charge < -0.3 is 11.1 Å². The minimum absolute atomic E-state index is 0.0229. The largest absolute Gasteiger partial charge is 0.416 e. The van der Waals surface area contributed by atoms with Crippen LogP contribution in [0, 0.1) is 0 Å². The normalized spacial score (nSPS) is 11.2. The van der Waals surface area contributed by atoms with Gasteiger partial charge in [0.15, 0.2) is 0 Å². The van der Waals surface area contributed by atoms with Gasteiger partial charge in [-0.15, -0.1) is 0 Å². The zero-order chi connectivity index (χ0) is 15.5. The van der Waals surface area contributed by atoms with E-state index in [1.54, 1.807) is 18.2 Å². The lowest BCUT2D eigenvalue weighted by Crippen LogP contribution is -2.12. The molecule has 0 amide bonds. The fourth-order valence-electron chi connectivity index (χ4n) is 1.78. The molecule has 1 heterocycles. The van der Waals surface area contributed by atoms with Crippen molar-refractivity contribution in [2.75, 3.05) is 5.32 Å². The zero-order valence-corrected chi connectivity index (χ0v) is 11.6. The third kappa shape index (κ3) is 3.91. The highest BCUT2D eigenvalue weighted by molar-refractivity contribution is 7.80. The van der Waals surface area contributed by atoms with Crippen molar-refractivity contribution in [3.8, 4) is 0 Å². The summed E-state index contributed by atoms with van der Waals surface area (Å²) in [6.45, 7) is 0.0229. The molecule has 0 fully saturated rings. The first kappa shape index (κ1) is 15.2. The van der Waals surface area contributed by atoms with Crippen molar-refractivity contribution in [2.45, 2.75) is 12.7 Å². The number of nitrogens with two attached hydrogens (primary N) is 1. The van der Waals surface area contributed by atoms with Crippen molar-refractivity contribution in [1.82, 2.24) is 4.98 Å². The number of pyridine rings is 1. The molecule has 0 radical (unpaired) electrons. The van der Waals surface area contributed by atoms with Crippen LogP contribution in [-0.4, -0.2) is 9.97 Å². The molecule has 0 saturated carbocycles. The first-order chi connectivity index (χ1) is 9.88. The van der Waals surface area contributed by atoms with Crippen molar-refractivity contribution < 1.29 is 13.2 Å². The van der Waals surface area contributed by atoms with Crippen molar-refractivity contribution in [3.05, 3.63) is 59.3 Å². The van der Waals surface area contributed by atoms with E-state index in [1.807, 2.05) is 0 Å². The Morgan fingerprint density at radius 3 is 2.48 bits per heavy atom. The molecule has 0 aliphatic heterocycles. The minimum atomic E-state index is -4.37. The van der Waals surface area contributed by atoms with E-state index in [-0.39, 0.29) is 17.1 Å². The second-order valence-electron chi connectivity index (χ2n) is 4.30. The summed E-state index contributed by atoms with van der Waals surface area (Å²) >= 11 is 4.80. The lowest BCUT2D eigenvalue weighted by Gasteiger charge is -2.13. The molecule has 0 unspecified atom stereocenters. The predicted octanol–water partition coefficient (Wildman–Crippen LogP) is 3.35. The van der Waals surface area contributed by atoms with Crippen molar-refractivity contribution in [3.63, 3.8) is 0 Å². The quantitative estimate of drug-likeness (QED) is 0.850. The Kier molecular flexibility index (Phi) is 4.42. The van der Waals surface area contributed by atoms with Crippen LogP contribution in [-0.2, 0) is 12.7 Å². The van der Waals surface area contributed by atoms with Crippen LogP contribution in [0.3, 0.4) is 0 Å². The molecular formula is C14H12F3N3S. The van der Waals surface area contributed by atoms with Gasteiger partial charge in [0.25, 0.3) is 0 Å². The summed E-state index contributed by atoms with van der Waals surface area (Å²) in [5, 5.41) is 2.84. The Bertz CT molecular complexity index is 639. The number of nitrogens with one attached hydrogen (secondary N) is 1. The van der Waals surface area contributed by atoms with Crippen LogP contribution >= 0.6 is 12.2 Å². The number of halogens is 3. The molecule has 2 rings (SSSR count). The zero-order valence-electron chi connectivity index (χ0n) is 10.8. The lowest BCUT2D eigenvalue weighted by atomic mass is 10.1. The number of hydrogen-bond donors (Lipinski definition) is 2. The van der Waals surface area contributed by atoms with Gasteiger partial charge in [-0.3, -0.25) is 0 Å². The summed E-state index contributed by atoms with van der Waals surface area (Å²) in [5.41, 5.74) is 5.55. The Labute approximate surface area is 125 Å². The molecule has 110 valence electrons. The molecule has 0 atom stereocenters. The second kappa shape index (κ2) is 6.09. The molecular weight excluding hydrogens is 299 g/mol. The van der Waals surface area contributed by atoms with E-state index in [0.717, 1.165) is 6.07 Å². The van der Waals surface area contributed by atoms with Crippen LogP contribution in [0.15, 0.2) is 42.6 Å². The highest BCUT2D eigenvalue weighted by Gasteiger charge is 2.32. The van der Waals surface area contributed by atoms with Gasteiger partial charge in [0.2, 0.25) is 0 Å². The SMILES string of the molecule is NC(=S)c1ccc(NCc2ccccc2C(F)(F)F)nc1. The number of rotatable bonds is 4. The van der Waals surface area contributed by atoms with Gasteiger partial charge in [-0.2, -0.15) is 13.2 Å². The molecule has 7 heteroatoms. The summed E-state index contributed by atoms with van der Waals surface area (Å²) in [6, 6.07) is 8.69. The molecule has 3 nitrogen and oxygen atoms in total. The average molecular weight is 311 g/mol. The van der Waals surface area contributed by atoms with E-state index in [1.165, 1.54) is 18.3 Å². The van der Waals surface area contributed by atoms with Crippen molar-refractivity contribution in [1.29, 1.82) is 0 Å². The number of aromatic nitrogens is 1. The fourth-order valence-corrected chi connectivity index (χ4v) is 1.90. The van der Waals surface area contributed by atoms with E-state index in [9.17, 15) is 13.2 Å². The van der Waals surface area contributed by atoms with Crippen LogP contribution in [0.1, 0.15) is 16.7 Å². The number of benzene rings is 1. The van der Waals surface area contributed by atoms with Gasteiger partial charge in [-0.1, -0.05) is 30.4 Å². The van der Waals surface area contributed by atoms with Crippen LogP contribution in [0.4, 0.5) is 19.0 Å². The number of anilines is 1. The summed E-state index contributed by atoms with van der Waals surface area (Å²) in [4.78, 5) is 4.27. The van der Waals surface area contributed by atoms with Gasteiger partial charge >= 0.3 is 6.18 Å². The van der Waals surface area contributed by atoms with E-state index >= 15 is 0 Å². The molecule has 2 aromatic rings. The monoisotopic (exact) mass is 311 g/mol. The Balaban J connectivity index is 2.12. The van der Waals surface area contributed by atoms with E-state index in [2.05, 4.69) is 10.3 Å². The van der Waals surface area contributed by atoms with Gasteiger partial charge in [0.1, 0.15) is 10.8 Å². The highest BCUT2D eigenvalue weighted by Crippen LogP contribution is 2.32. The standard InChI is InChI=1S/C14H12F3N3S/c15-14(16,17)11-4-2-1-3-9(11)7-19-12-6-5-10(8-20-12)13(18)21/h1-6,8H,7H2,(H2,18,21)(H,19,20). The smallest absolute Gasteiger partial charge is 0.389 e. The topological polar surface area (TPSA) is 50.9 Å². The van der Waals surface area contributed by atoms with E-state index in [4.69, 9.17) is 18.0 Å². The summed E-state index contributed by atoms with van der Waals surface area (Å²) < 4.78 is 38.5. The van der Waals surface area contributed by atoms with Crippen molar-refractivity contribution in [2.24, 2.45) is 5.73 Å². The molecule has 0 aliphatic rings. The summed E-state index contributed by atoms with van der Waals surface area (Å²) in [7, 11) is 0. The molecule has 21 heavy (non-hydrogen) atoms. The number of thiocarbonyl (C=S) groups is 1. The molecule has 0 saturated heterocycles. The maximum absolute atomic E-state index is 12.8. The van der Waals surface area contributed by atoms with Crippen molar-refractivity contribution >= 4 is 23.0 Å². The summed E-state index contributed by atoms with van der Waals surface area (Å²) in [6.07, 6.45) is -2.90. The molecule has 3 N–H and O–H groups in total. The minimum Gasteiger partial charge on any atom is -0.389 e. The van der Waals surface area contributed by atoms with Gasteiger partial charge in [-0.05, 0) is 23.8 Å². The molecule has 1 aromatic heterocycles. The third-order valence-corrected chi connectivity index (χ3v) is 3.07. The number of hydrogen-bond acceptors (Lipinski definition) is 3. The van der Waals surface area contributed by atoms with Crippen LogP contribution in [0.5, 0.6) is 0 Å². The number of nitrogens with zero attached hydrogens (tertiary/aromatic N) is 1. The Hall–Kier alpha value is -2.15. The van der Waals surface area contributed by atoms with Gasteiger partial charge in [-0.25, -0.2) is 4.98 Å². The predicted molar refractivity (Wildman–Crippen MR) is 78.9 cm³/mol. The lowest BCUT2D eigenvalue weighted by molar-refractivity contribution is -0.138. The van der Waals surface area contributed by atoms with Crippen LogP contribution < -0.4 is 11.1 Å². The molecule has 1 aromatic carbocycles. The highest BCUT2D eigenvalue weighted by atomic mass is 32.1. The third-order valence-electron chi connectivity index (χ3n) is 2.83. The molecule has 0 spiro atoms. The van der Waals surface area contributed by atoms with E-state index < -0.39 is 11.7 Å². The van der Waals surface area contributed by atoms with Gasteiger partial charge in [0, 0.05) is 18.3 Å². The Morgan fingerprint density at radius 2 is 1.90 bits per heavy atom. The van der Waals surface area contributed by atoms with Gasteiger partial charge in [0.05, 0.1) is 5.56 Å². The summed E-state index contributed by atoms with van der Waals surface area (Å²) in [5.74, 6) is 0.451. The second-order valence-corrected chi connectivity index (χ2v) is 4.74. The maximum atomic E-state index is 12.8. The van der Waals surface area contributed by atoms with Crippen LogP contribution in [0.25, 0.3) is 0 Å². The first-order valence-corrected chi connectivity index (χ1v) is 6.43. The maximum Gasteiger partial charge on any atom is 0.416 e.